The lowest BCUT2D eigenvalue weighted by Gasteiger charge is -2.55. The van der Waals surface area contributed by atoms with Gasteiger partial charge in [0.2, 0.25) is 11.7 Å². The number of rotatable bonds is 13. The van der Waals surface area contributed by atoms with Crippen molar-refractivity contribution in [2.45, 2.75) is 36.4 Å². The lowest BCUT2D eigenvalue weighted by atomic mass is 9.97. The number of carbonyl (C=O) groups is 5. The van der Waals surface area contributed by atoms with Crippen LogP contribution in [0.15, 0.2) is 41.3 Å². The van der Waals surface area contributed by atoms with E-state index in [9.17, 15) is 34.2 Å². The minimum atomic E-state index is -1.82. The van der Waals surface area contributed by atoms with Crippen LogP contribution in [0.5, 0.6) is 5.75 Å². The Labute approximate surface area is 232 Å². The van der Waals surface area contributed by atoms with Gasteiger partial charge in [-0.15, -0.1) is 11.8 Å². The number of phenols is 1. The van der Waals surface area contributed by atoms with E-state index in [-0.39, 0.29) is 42.1 Å². The zero-order valence-corrected chi connectivity index (χ0v) is 22.4. The van der Waals surface area contributed by atoms with Gasteiger partial charge < -0.3 is 40.6 Å². The first-order chi connectivity index (χ1) is 18.9. The van der Waals surface area contributed by atoms with Crippen molar-refractivity contribution in [1.29, 1.82) is 0 Å². The molecule has 3 rings (SSSR count). The first kappa shape index (κ1) is 30.5. The van der Waals surface area contributed by atoms with E-state index in [2.05, 4.69) is 5.32 Å². The number of phenolic OH excluding ortho intramolecular Hbond substituents is 1. The number of amides is 2. The fraction of sp³-hybridized carbons (Fsp3) is 0.400. The first-order valence-electron chi connectivity index (χ1n) is 11.9. The van der Waals surface area contributed by atoms with E-state index in [1.165, 1.54) is 32.4 Å². The summed E-state index contributed by atoms with van der Waals surface area (Å²) in [5, 5.41) is 29.7. The molecule has 1 aromatic carbocycles. The minimum absolute atomic E-state index is 0.0398. The molecule has 1 saturated heterocycles. The third-order valence-electron chi connectivity index (χ3n) is 6.19. The highest BCUT2D eigenvalue weighted by atomic mass is 32.2. The van der Waals surface area contributed by atoms with Gasteiger partial charge in [0.05, 0.1) is 7.11 Å². The Hall–Kier alpha value is -4.08. The SMILES string of the molecule is COC(=Cc1ccc(O)cc1)C(=O)OCC1=C(C(=O)O)N2C(=O)[C@@](NC(=O)CCC[C@@H](N)C(=O)O)(OC)[C@H]2SC1. The molecule has 0 aliphatic carbocycles. The Balaban J connectivity index is 1.70. The normalized spacial score (nSPS) is 21.2. The second kappa shape index (κ2) is 12.8. The summed E-state index contributed by atoms with van der Waals surface area (Å²) >= 11 is 1.11. The Morgan fingerprint density at radius 2 is 1.90 bits per heavy atom. The van der Waals surface area contributed by atoms with E-state index < -0.39 is 59.2 Å². The molecule has 1 fully saturated rings. The second-order valence-electron chi connectivity index (χ2n) is 8.80. The number of fused-ring (bicyclic) bond motifs is 1. The van der Waals surface area contributed by atoms with Gasteiger partial charge in [0.25, 0.3) is 11.6 Å². The van der Waals surface area contributed by atoms with Crippen LogP contribution in [0.3, 0.4) is 0 Å². The number of thioether (sulfide) groups is 1. The van der Waals surface area contributed by atoms with Crippen LogP contribution in [0, 0.1) is 0 Å². The van der Waals surface area contributed by atoms with Gasteiger partial charge in [-0.1, -0.05) is 12.1 Å². The van der Waals surface area contributed by atoms with Gasteiger partial charge in [0.15, 0.2) is 0 Å². The number of aromatic hydroxyl groups is 1. The molecule has 2 heterocycles. The predicted molar refractivity (Wildman–Crippen MR) is 139 cm³/mol. The molecular weight excluding hydrogens is 550 g/mol. The van der Waals surface area contributed by atoms with Crippen LogP contribution in [0.1, 0.15) is 24.8 Å². The molecule has 2 aliphatic rings. The van der Waals surface area contributed by atoms with Crippen molar-refractivity contribution in [3.05, 3.63) is 46.9 Å². The maximum absolute atomic E-state index is 13.2. The highest BCUT2D eigenvalue weighted by molar-refractivity contribution is 8.00. The molecule has 0 unspecified atom stereocenters. The Morgan fingerprint density at radius 1 is 1.23 bits per heavy atom. The van der Waals surface area contributed by atoms with Crippen molar-refractivity contribution in [1.82, 2.24) is 10.2 Å². The van der Waals surface area contributed by atoms with Gasteiger partial charge >= 0.3 is 17.9 Å². The highest BCUT2D eigenvalue weighted by Crippen LogP contribution is 2.46. The van der Waals surface area contributed by atoms with Crippen LogP contribution in [0.25, 0.3) is 6.08 Å². The Kier molecular flexibility index (Phi) is 9.78. The molecule has 3 atom stereocenters. The van der Waals surface area contributed by atoms with Gasteiger partial charge in [-0.3, -0.25) is 19.3 Å². The van der Waals surface area contributed by atoms with E-state index in [1.54, 1.807) is 12.1 Å². The van der Waals surface area contributed by atoms with E-state index in [4.69, 9.17) is 25.1 Å². The van der Waals surface area contributed by atoms with Gasteiger partial charge in [-0.25, -0.2) is 9.59 Å². The number of carboxylic acid groups (broad SMARTS) is 2. The van der Waals surface area contributed by atoms with Crippen molar-refractivity contribution >= 4 is 47.6 Å². The van der Waals surface area contributed by atoms with E-state index in [0.29, 0.717) is 5.56 Å². The number of hydrogen-bond acceptors (Lipinski definition) is 11. The third kappa shape index (κ3) is 6.38. The topological polar surface area (TPSA) is 215 Å². The van der Waals surface area contributed by atoms with Crippen LogP contribution < -0.4 is 11.1 Å². The molecule has 216 valence electrons. The molecule has 0 radical (unpaired) electrons. The van der Waals surface area contributed by atoms with Crippen molar-refractivity contribution in [2.75, 3.05) is 26.6 Å². The molecular formula is C25H29N3O11S. The number of carbonyl (C=O) groups excluding carboxylic acids is 3. The fourth-order valence-electron chi connectivity index (χ4n) is 4.08. The van der Waals surface area contributed by atoms with Gasteiger partial charge in [0.1, 0.15) is 29.5 Å². The highest BCUT2D eigenvalue weighted by Gasteiger charge is 2.66. The lowest BCUT2D eigenvalue weighted by Crippen LogP contribution is -2.80. The maximum atomic E-state index is 13.2. The molecule has 2 aliphatic heterocycles. The van der Waals surface area contributed by atoms with Crippen molar-refractivity contribution in [2.24, 2.45) is 5.73 Å². The number of methoxy groups -OCH3 is 2. The van der Waals surface area contributed by atoms with Crippen LogP contribution in [0.4, 0.5) is 0 Å². The number of carboxylic acids is 2. The zero-order chi connectivity index (χ0) is 29.6. The van der Waals surface area contributed by atoms with E-state index in [0.717, 1.165) is 16.7 Å². The molecule has 0 saturated carbocycles. The summed E-state index contributed by atoms with van der Waals surface area (Å²) in [7, 11) is 2.46. The standard InChI is InChI=1S/C25H29N3O11S/c1-37-17(10-13-6-8-15(29)9-7-13)22(35)39-11-14-12-40-24-25(38-2,23(36)28(24)19(14)21(33)34)27-18(30)5-3-4-16(26)20(31)32/h6-10,16,24,29H,3-5,11-12,26H2,1-2H3,(H,27,30)(H,31,32)(H,33,34)/t16-,24-,25-/m1/s1. The number of nitrogens with zero attached hydrogens (tertiary/aromatic N) is 1. The smallest absolute Gasteiger partial charge is 0.373 e. The number of nitrogens with one attached hydrogen (secondary N) is 1. The summed E-state index contributed by atoms with van der Waals surface area (Å²) in [6.45, 7) is -0.448. The number of β-lactam (4-membered cyclic amide) rings is 1. The summed E-state index contributed by atoms with van der Waals surface area (Å²) in [6, 6.07) is 4.81. The molecule has 2 amide bonds. The average molecular weight is 580 g/mol. The molecule has 15 heteroatoms. The average Bonchev–Trinajstić information content (AvgIpc) is 2.93. The molecule has 40 heavy (non-hydrogen) atoms. The molecule has 0 bridgehead atoms. The van der Waals surface area contributed by atoms with E-state index >= 15 is 0 Å². The van der Waals surface area contributed by atoms with Crippen molar-refractivity contribution in [3.8, 4) is 5.75 Å². The number of aliphatic carboxylic acids is 2. The minimum Gasteiger partial charge on any atom is -0.508 e. The Morgan fingerprint density at radius 3 is 2.48 bits per heavy atom. The van der Waals surface area contributed by atoms with Gasteiger partial charge in [-0.2, -0.15) is 0 Å². The molecule has 1 aromatic rings. The van der Waals surface area contributed by atoms with Gasteiger partial charge in [-0.05, 0) is 36.6 Å². The summed E-state index contributed by atoms with van der Waals surface area (Å²) in [5.74, 6) is -5.02. The van der Waals surface area contributed by atoms with Crippen molar-refractivity contribution in [3.63, 3.8) is 0 Å². The molecule has 0 aromatic heterocycles. The summed E-state index contributed by atoms with van der Waals surface area (Å²) in [6.07, 6.45) is 1.45. The van der Waals surface area contributed by atoms with Crippen LogP contribution >= 0.6 is 11.8 Å². The molecule has 6 N–H and O–H groups in total. The zero-order valence-electron chi connectivity index (χ0n) is 21.6. The quantitative estimate of drug-likeness (QED) is 0.0696. The summed E-state index contributed by atoms with van der Waals surface area (Å²) in [5.41, 5.74) is 3.91. The number of esters is 1. The number of ether oxygens (including phenoxy) is 3. The second-order valence-corrected chi connectivity index (χ2v) is 9.87. The third-order valence-corrected chi connectivity index (χ3v) is 7.56. The van der Waals surface area contributed by atoms with E-state index in [1.807, 2.05) is 0 Å². The van der Waals surface area contributed by atoms with Crippen molar-refractivity contribution < 1.29 is 53.5 Å². The van der Waals surface area contributed by atoms with Crippen LogP contribution in [-0.4, -0.2) is 93.7 Å². The predicted octanol–water partition coefficient (Wildman–Crippen LogP) is 0.218. The molecule has 0 spiro atoms. The molecule has 14 nitrogen and oxygen atoms in total. The summed E-state index contributed by atoms with van der Waals surface area (Å²) in [4.78, 5) is 62.2. The van der Waals surface area contributed by atoms with Gasteiger partial charge in [0, 0.05) is 24.9 Å². The van der Waals surface area contributed by atoms with Crippen LogP contribution in [0.2, 0.25) is 0 Å². The number of benzene rings is 1. The number of nitrogens with two attached hydrogens (primary N) is 1. The first-order valence-corrected chi connectivity index (χ1v) is 13.0. The fourth-order valence-corrected chi connectivity index (χ4v) is 5.50. The summed E-state index contributed by atoms with van der Waals surface area (Å²) < 4.78 is 15.7. The maximum Gasteiger partial charge on any atom is 0.373 e. The lowest BCUT2D eigenvalue weighted by molar-refractivity contribution is -0.192. The monoisotopic (exact) mass is 579 g/mol. The number of hydrogen-bond donors (Lipinski definition) is 5. The largest absolute Gasteiger partial charge is 0.508 e. The van der Waals surface area contributed by atoms with Crippen LogP contribution in [-0.2, 0) is 38.2 Å². The Bertz CT molecular complexity index is 1250.